The van der Waals surface area contributed by atoms with Crippen LogP contribution in [0.4, 0.5) is 4.39 Å². The molecule has 0 aliphatic carbocycles. The molecular formula is C15H15BrFNO2. The number of ether oxygens (including phenoxy) is 2. The van der Waals surface area contributed by atoms with Crippen molar-refractivity contribution < 1.29 is 13.9 Å². The third-order valence-electron chi connectivity index (χ3n) is 2.88. The molecule has 0 spiro atoms. The van der Waals surface area contributed by atoms with E-state index >= 15 is 0 Å². The highest BCUT2D eigenvalue weighted by Crippen LogP contribution is 2.27. The molecular weight excluding hydrogens is 325 g/mol. The van der Waals surface area contributed by atoms with Gasteiger partial charge >= 0.3 is 0 Å². The number of hydrogen-bond acceptors (Lipinski definition) is 3. The van der Waals surface area contributed by atoms with Crippen LogP contribution in [0.1, 0.15) is 11.1 Å². The molecule has 2 aromatic rings. The van der Waals surface area contributed by atoms with Crippen molar-refractivity contribution in [1.82, 2.24) is 0 Å². The summed E-state index contributed by atoms with van der Waals surface area (Å²) in [6, 6.07) is 10.3. The van der Waals surface area contributed by atoms with Gasteiger partial charge in [0, 0.05) is 18.2 Å². The minimum Gasteiger partial charge on any atom is -0.497 e. The van der Waals surface area contributed by atoms with E-state index in [4.69, 9.17) is 15.2 Å². The average molecular weight is 340 g/mol. The summed E-state index contributed by atoms with van der Waals surface area (Å²) in [4.78, 5) is 0. The fraction of sp³-hybridized carbons (Fsp3) is 0.200. The van der Waals surface area contributed by atoms with Gasteiger partial charge in [0.1, 0.15) is 23.9 Å². The molecule has 0 heterocycles. The van der Waals surface area contributed by atoms with Crippen LogP contribution in [0.5, 0.6) is 11.5 Å². The maximum absolute atomic E-state index is 13.8. The van der Waals surface area contributed by atoms with Crippen LogP contribution in [0.15, 0.2) is 40.9 Å². The summed E-state index contributed by atoms with van der Waals surface area (Å²) in [6.07, 6.45) is 0. The Balaban J connectivity index is 2.09. The second-order valence-corrected chi connectivity index (χ2v) is 5.07. The van der Waals surface area contributed by atoms with Gasteiger partial charge in [-0.25, -0.2) is 4.39 Å². The summed E-state index contributed by atoms with van der Waals surface area (Å²) in [5.41, 5.74) is 7.03. The molecule has 5 heteroatoms. The second kappa shape index (κ2) is 6.72. The van der Waals surface area contributed by atoms with Crippen molar-refractivity contribution in [3.8, 4) is 11.5 Å². The zero-order valence-electron chi connectivity index (χ0n) is 11.0. The zero-order valence-corrected chi connectivity index (χ0v) is 12.6. The van der Waals surface area contributed by atoms with Gasteiger partial charge in [-0.1, -0.05) is 6.07 Å². The molecule has 0 fully saturated rings. The molecule has 0 saturated heterocycles. The van der Waals surface area contributed by atoms with Gasteiger partial charge in [-0.3, -0.25) is 0 Å². The van der Waals surface area contributed by atoms with Crippen LogP contribution in [-0.4, -0.2) is 7.11 Å². The predicted octanol–water partition coefficient (Wildman–Crippen LogP) is 3.63. The topological polar surface area (TPSA) is 44.5 Å². The van der Waals surface area contributed by atoms with Crippen molar-refractivity contribution in [2.24, 2.45) is 5.73 Å². The number of methoxy groups -OCH3 is 1. The minimum absolute atomic E-state index is 0.149. The van der Waals surface area contributed by atoms with Crippen molar-refractivity contribution in [3.05, 3.63) is 57.8 Å². The second-order valence-electron chi connectivity index (χ2n) is 4.21. The fourth-order valence-corrected chi connectivity index (χ4v) is 2.26. The Morgan fingerprint density at radius 1 is 1.20 bits per heavy atom. The highest BCUT2D eigenvalue weighted by molar-refractivity contribution is 9.10. The molecule has 0 aliphatic rings. The van der Waals surface area contributed by atoms with Gasteiger partial charge in [-0.15, -0.1) is 0 Å². The van der Waals surface area contributed by atoms with Gasteiger partial charge in [0.15, 0.2) is 0 Å². The number of benzene rings is 2. The van der Waals surface area contributed by atoms with Crippen LogP contribution >= 0.6 is 15.9 Å². The Hall–Kier alpha value is -1.59. The normalized spacial score (nSPS) is 10.4. The van der Waals surface area contributed by atoms with Gasteiger partial charge in [-0.2, -0.15) is 0 Å². The highest BCUT2D eigenvalue weighted by atomic mass is 79.9. The van der Waals surface area contributed by atoms with E-state index in [-0.39, 0.29) is 12.4 Å². The van der Waals surface area contributed by atoms with Gasteiger partial charge in [0.25, 0.3) is 0 Å². The van der Waals surface area contributed by atoms with Gasteiger partial charge in [0.05, 0.1) is 11.6 Å². The lowest BCUT2D eigenvalue weighted by molar-refractivity contribution is 0.297. The molecule has 0 bridgehead atoms. The first-order valence-corrected chi connectivity index (χ1v) is 6.87. The molecule has 0 aliphatic heterocycles. The molecule has 2 N–H and O–H groups in total. The molecule has 106 valence electrons. The number of hydrogen-bond donors (Lipinski definition) is 1. The Bertz CT molecular complexity index is 551. The van der Waals surface area contributed by atoms with Gasteiger partial charge in [-0.05, 0) is 45.8 Å². The minimum atomic E-state index is -0.348. The Morgan fingerprint density at radius 2 is 2.00 bits per heavy atom. The summed E-state index contributed by atoms with van der Waals surface area (Å²) in [6.45, 7) is 0.613. The summed E-state index contributed by atoms with van der Waals surface area (Å²) in [5, 5.41) is 0. The molecule has 2 aromatic carbocycles. The molecule has 0 radical (unpaired) electrons. The van der Waals surface area contributed by atoms with Crippen LogP contribution < -0.4 is 15.2 Å². The Morgan fingerprint density at radius 3 is 2.60 bits per heavy atom. The van der Waals surface area contributed by atoms with Crippen LogP contribution in [-0.2, 0) is 13.2 Å². The van der Waals surface area contributed by atoms with E-state index in [1.807, 2.05) is 18.2 Å². The SMILES string of the molecule is COc1ccc(COc2ccc(CN)cc2Br)c(F)c1. The van der Waals surface area contributed by atoms with Gasteiger partial charge < -0.3 is 15.2 Å². The third kappa shape index (κ3) is 3.49. The molecule has 0 saturated carbocycles. The predicted molar refractivity (Wildman–Crippen MR) is 79.3 cm³/mol. The smallest absolute Gasteiger partial charge is 0.134 e. The van der Waals surface area contributed by atoms with Crippen molar-refractivity contribution in [2.75, 3.05) is 7.11 Å². The van der Waals surface area contributed by atoms with E-state index in [0.717, 1.165) is 10.0 Å². The fourth-order valence-electron chi connectivity index (χ4n) is 1.72. The van der Waals surface area contributed by atoms with Crippen LogP contribution in [0.25, 0.3) is 0 Å². The maximum atomic E-state index is 13.8. The molecule has 0 aromatic heterocycles. The summed E-state index contributed by atoms with van der Waals surface area (Å²) in [5.74, 6) is 0.788. The van der Waals surface area contributed by atoms with E-state index < -0.39 is 0 Å². The summed E-state index contributed by atoms with van der Waals surface area (Å²) in [7, 11) is 1.50. The van der Waals surface area contributed by atoms with Crippen molar-refractivity contribution in [3.63, 3.8) is 0 Å². The Kier molecular flexibility index (Phi) is 4.98. The van der Waals surface area contributed by atoms with Crippen LogP contribution in [0.3, 0.4) is 0 Å². The zero-order chi connectivity index (χ0) is 14.5. The largest absolute Gasteiger partial charge is 0.497 e. The first kappa shape index (κ1) is 14.8. The molecule has 0 unspecified atom stereocenters. The molecule has 2 rings (SSSR count). The van der Waals surface area contributed by atoms with E-state index in [2.05, 4.69) is 15.9 Å². The van der Waals surface area contributed by atoms with E-state index in [0.29, 0.717) is 23.6 Å². The molecule has 20 heavy (non-hydrogen) atoms. The third-order valence-corrected chi connectivity index (χ3v) is 3.50. The number of halogens is 2. The van der Waals surface area contributed by atoms with Crippen molar-refractivity contribution in [2.45, 2.75) is 13.2 Å². The summed E-state index contributed by atoms with van der Waals surface area (Å²) < 4.78 is 25.1. The van der Waals surface area contributed by atoms with E-state index in [1.165, 1.54) is 13.2 Å². The lowest BCUT2D eigenvalue weighted by atomic mass is 10.2. The monoisotopic (exact) mass is 339 g/mol. The number of nitrogens with two attached hydrogens (primary N) is 1. The first-order valence-electron chi connectivity index (χ1n) is 6.07. The maximum Gasteiger partial charge on any atom is 0.134 e. The van der Waals surface area contributed by atoms with Crippen LogP contribution in [0.2, 0.25) is 0 Å². The van der Waals surface area contributed by atoms with E-state index in [9.17, 15) is 4.39 Å². The first-order chi connectivity index (χ1) is 9.63. The van der Waals surface area contributed by atoms with E-state index in [1.54, 1.807) is 12.1 Å². The quantitative estimate of drug-likeness (QED) is 0.904. The highest BCUT2D eigenvalue weighted by Gasteiger charge is 2.07. The molecule has 3 nitrogen and oxygen atoms in total. The Labute approximate surface area is 125 Å². The standard InChI is InChI=1S/C15H15BrFNO2/c1-19-12-4-3-11(14(17)7-12)9-20-15-5-2-10(8-18)6-13(15)16/h2-7H,8-9,18H2,1H3. The van der Waals surface area contributed by atoms with Gasteiger partial charge in [0.2, 0.25) is 0 Å². The molecule has 0 amide bonds. The lowest BCUT2D eigenvalue weighted by Crippen LogP contribution is -2.01. The average Bonchev–Trinajstić information content (AvgIpc) is 2.46. The molecule has 0 atom stereocenters. The van der Waals surface area contributed by atoms with Crippen LogP contribution in [0, 0.1) is 5.82 Å². The van der Waals surface area contributed by atoms with Crippen molar-refractivity contribution in [1.29, 1.82) is 0 Å². The summed E-state index contributed by atoms with van der Waals surface area (Å²) >= 11 is 3.41. The number of rotatable bonds is 5. The lowest BCUT2D eigenvalue weighted by Gasteiger charge is -2.10. The van der Waals surface area contributed by atoms with Crippen molar-refractivity contribution >= 4 is 15.9 Å².